The predicted molar refractivity (Wildman–Crippen MR) is 83.0 cm³/mol. The van der Waals surface area contributed by atoms with Crippen molar-refractivity contribution in [2.24, 2.45) is 0 Å². The molecule has 0 aliphatic carbocycles. The number of hydrogen-bond acceptors (Lipinski definition) is 5. The summed E-state index contributed by atoms with van der Waals surface area (Å²) in [6.45, 7) is 0. The highest BCUT2D eigenvalue weighted by molar-refractivity contribution is 8.26. The topological polar surface area (TPSA) is 90.5 Å². The van der Waals surface area contributed by atoms with Gasteiger partial charge >= 0.3 is 5.25 Å². The number of halogens is 4. The number of nitrogens with zero attached hydrogens (tertiary/aromatic N) is 1. The number of alkyl halides is 4. The molecule has 2 N–H and O–H groups in total. The van der Waals surface area contributed by atoms with E-state index in [0.29, 0.717) is 0 Å². The van der Waals surface area contributed by atoms with Gasteiger partial charge in [-0.05, 0) is 30.3 Å². The number of hydrogen-bond donors (Lipinski definition) is 2. The van der Waals surface area contributed by atoms with Gasteiger partial charge in [0.1, 0.15) is 11.5 Å². The third-order valence-corrected chi connectivity index (χ3v) is 5.59. The molecule has 5 nitrogen and oxygen atoms in total. The van der Waals surface area contributed by atoms with Gasteiger partial charge in [0.05, 0.1) is 27.7 Å². The lowest BCUT2D eigenvalue weighted by Crippen LogP contribution is -2.28. The fourth-order valence-electron chi connectivity index (χ4n) is 2.53. The van der Waals surface area contributed by atoms with Gasteiger partial charge < -0.3 is 4.74 Å². The summed E-state index contributed by atoms with van der Waals surface area (Å²) in [7, 11) is -4.90. The summed E-state index contributed by atoms with van der Waals surface area (Å²) in [6, 6.07) is 8.83. The Morgan fingerprint density at radius 1 is 1.19 bits per heavy atom. The first kappa shape index (κ1) is 18.2. The standard InChI is InChI=1S/C16H9F4NO4S/c17-15(18)12-10(25-9-3-1-2-8(6-9)7-21)4-5-11-13(12)14(22)16(19,20)26(11,23)24/h1-6,15,23-24H. The van der Waals surface area contributed by atoms with Crippen molar-refractivity contribution in [3.63, 3.8) is 0 Å². The van der Waals surface area contributed by atoms with Crippen molar-refractivity contribution in [3.05, 3.63) is 53.1 Å². The lowest BCUT2D eigenvalue weighted by atomic mass is 10.0. The lowest BCUT2D eigenvalue weighted by Gasteiger charge is -2.32. The molecule has 1 aliphatic rings. The highest BCUT2D eigenvalue weighted by atomic mass is 32.3. The fourth-order valence-corrected chi connectivity index (χ4v) is 3.91. The molecule has 0 fully saturated rings. The highest BCUT2D eigenvalue weighted by Gasteiger charge is 2.62. The molecule has 0 unspecified atom stereocenters. The van der Waals surface area contributed by atoms with Gasteiger partial charge in [0, 0.05) is 0 Å². The number of ketones is 1. The second-order valence-electron chi connectivity index (χ2n) is 5.29. The molecular formula is C16H9F4NO4S. The molecule has 136 valence electrons. The van der Waals surface area contributed by atoms with Gasteiger partial charge in [-0.1, -0.05) is 16.7 Å². The Bertz CT molecular complexity index is 956. The van der Waals surface area contributed by atoms with E-state index < -0.39 is 49.8 Å². The summed E-state index contributed by atoms with van der Waals surface area (Å²) < 4.78 is 79.3. The molecule has 0 saturated carbocycles. The van der Waals surface area contributed by atoms with Gasteiger partial charge in [-0.2, -0.15) is 14.0 Å². The third kappa shape index (κ3) is 2.52. The van der Waals surface area contributed by atoms with Crippen LogP contribution in [0.3, 0.4) is 0 Å². The molecular weight excluding hydrogens is 378 g/mol. The first-order valence-corrected chi connectivity index (χ1v) is 8.49. The van der Waals surface area contributed by atoms with Gasteiger partial charge in [0.25, 0.3) is 12.2 Å². The molecule has 0 atom stereocenters. The Morgan fingerprint density at radius 2 is 1.88 bits per heavy atom. The molecule has 3 rings (SSSR count). The van der Waals surface area contributed by atoms with E-state index in [9.17, 15) is 31.5 Å². The molecule has 0 aromatic heterocycles. The summed E-state index contributed by atoms with van der Waals surface area (Å²) in [4.78, 5) is 10.9. The van der Waals surface area contributed by atoms with E-state index in [4.69, 9.17) is 10.00 Å². The molecule has 0 radical (unpaired) electrons. The molecule has 0 amide bonds. The quantitative estimate of drug-likeness (QED) is 0.708. The summed E-state index contributed by atoms with van der Waals surface area (Å²) in [5.74, 6) is -2.73. The van der Waals surface area contributed by atoms with Crippen molar-refractivity contribution >= 4 is 16.4 Å². The van der Waals surface area contributed by atoms with E-state index in [-0.39, 0.29) is 11.3 Å². The van der Waals surface area contributed by atoms with E-state index in [1.807, 2.05) is 6.07 Å². The maximum absolute atomic E-state index is 13.9. The molecule has 0 spiro atoms. The van der Waals surface area contributed by atoms with Crippen molar-refractivity contribution in [2.45, 2.75) is 16.6 Å². The van der Waals surface area contributed by atoms with Gasteiger partial charge in [-0.15, -0.1) is 0 Å². The third-order valence-electron chi connectivity index (χ3n) is 3.73. The van der Waals surface area contributed by atoms with Crippen molar-refractivity contribution < 1.29 is 36.2 Å². The second kappa shape index (κ2) is 5.98. The Balaban J connectivity index is 2.17. The van der Waals surface area contributed by atoms with Crippen LogP contribution in [0.2, 0.25) is 0 Å². The van der Waals surface area contributed by atoms with Crippen LogP contribution in [0.15, 0.2) is 41.3 Å². The van der Waals surface area contributed by atoms with Gasteiger partial charge in [0.2, 0.25) is 0 Å². The zero-order valence-electron chi connectivity index (χ0n) is 12.6. The van der Waals surface area contributed by atoms with Crippen molar-refractivity contribution in [1.82, 2.24) is 0 Å². The summed E-state index contributed by atoms with van der Waals surface area (Å²) in [5, 5.41) is 4.24. The van der Waals surface area contributed by atoms with E-state index in [0.717, 1.165) is 12.1 Å². The molecule has 26 heavy (non-hydrogen) atoms. The zero-order chi connectivity index (χ0) is 19.3. The van der Waals surface area contributed by atoms with Crippen molar-refractivity contribution in [2.75, 3.05) is 0 Å². The normalized spacial score (nSPS) is 18.3. The number of benzene rings is 2. The largest absolute Gasteiger partial charge is 0.457 e. The minimum Gasteiger partial charge on any atom is -0.457 e. The summed E-state index contributed by atoms with van der Waals surface area (Å²) in [5.41, 5.74) is -2.15. The van der Waals surface area contributed by atoms with Crippen LogP contribution >= 0.6 is 10.6 Å². The van der Waals surface area contributed by atoms with Gasteiger partial charge in [0.15, 0.2) is 0 Å². The van der Waals surface area contributed by atoms with Crippen molar-refractivity contribution in [3.8, 4) is 17.6 Å². The lowest BCUT2D eigenvalue weighted by molar-refractivity contribution is 0.0506. The highest BCUT2D eigenvalue weighted by Crippen LogP contribution is 2.69. The van der Waals surface area contributed by atoms with Crippen molar-refractivity contribution in [1.29, 1.82) is 5.26 Å². The van der Waals surface area contributed by atoms with Gasteiger partial charge in [-0.3, -0.25) is 13.9 Å². The van der Waals surface area contributed by atoms with Gasteiger partial charge in [-0.25, -0.2) is 8.78 Å². The SMILES string of the molecule is N#Cc1cccc(Oc2ccc3c(c2C(F)F)C(=O)C(F)(F)S3(O)O)c1. The molecule has 10 heteroatoms. The molecule has 2 aromatic carbocycles. The Hall–Kier alpha value is -2.61. The number of carbonyl (C=O) groups excluding carboxylic acids is 1. The number of fused-ring (bicyclic) bond motifs is 1. The van der Waals surface area contributed by atoms with Crippen LogP contribution < -0.4 is 4.74 Å². The Kier molecular flexibility index (Phi) is 4.18. The van der Waals surface area contributed by atoms with E-state index in [2.05, 4.69) is 0 Å². The first-order valence-electron chi connectivity index (χ1n) is 6.94. The zero-order valence-corrected chi connectivity index (χ0v) is 13.4. The minimum atomic E-state index is -4.90. The Morgan fingerprint density at radius 3 is 2.50 bits per heavy atom. The van der Waals surface area contributed by atoms with Crippen LogP contribution in [0.1, 0.15) is 27.9 Å². The molecule has 1 aliphatic heterocycles. The van der Waals surface area contributed by atoms with Crippen LogP contribution in [0.4, 0.5) is 17.6 Å². The number of nitriles is 1. The molecule has 1 heterocycles. The average molecular weight is 387 g/mol. The van der Waals surface area contributed by atoms with Crippen LogP contribution in [0, 0.1) is 11.3 Å². The van der Waals surface area contributed by atoms with E-state index >= 15 is 0 Å². The maximum atomic E-state index is 13.9. The number of Topliss-reactive ketones (excluding diaryl/α,β-unsaturated/α-hetero) is 1. The number of rotatable bonds is 3. The number of ether oxygens (including phenoxy) is 1. The monoisotopic (exact) mass is 387 g/mol. The first-order chi connectivity index (χ1) is 12.1. The Labute approximate surface area is 145 Å². The smallest absolute Gasteiger partial charge is 0.405 e. The summed E-state index contributed by atoms with van der Waals surface area (Å²) >= 11 is 0. The molecule has 2 aromatic rings. The minimum absolute atomic E-state index is 0.0327. The van der Waals surface area contributed by atoms with Crippen LogP contribution in [0.25, 0.3) is 0 Å². The molecule has 0 bridgehead atoms. The van der Waals surface area contributed by atoms with E-state index in [1.54, 1.807) is 0 Å². The predicted octanol–water partition coefficient (Wildman–Crippen LogP) is 5.19. The van der Waals surface area contributed by atoms with E-state index in [1.165, 1.54) is 24.3 Å². The maximum Gasteiger partial charge on any atom is 0.405 e. The number of carbonyl (C=O) groups is 1. The van der Waals surface area contributed by atoms with Crippen LogP contribution in [-0.4, -0.2) is 20.1 Å². The summed E-state index contributed by atoms with van der Waals surface area (Å²) in [6.07, 6.45) is -3.40. The molecule has 0 saturated heterocycles. The second-order valence-corrected chi connectivity index (χ2v) is 7.34. The average Bonchev–Trinajstić information content (AvgIpc) is 2.72. The van der Waals surface area contributed by atoms with Crippen LogP contribution in [0.5, 0.6) is 11.5 Å². The fraction of sp³-hybridized carbons (Fsp3) is 0.125. The van der Waals surface area contributed by atoms with Crippen LogP contribution in [-0.2, 0) is 0 Å².